The Hall–Kier alpha value is -0.570. The molecule has 3 nitrogen and oxygen atoms in total. The maximum atomic E-state index is 11.3. The zero-order chi connectivity index (χ0) is 12.8. The summed E-state index contributed by atoms with van der Waals surface area (Å²) in [6.07, 6.45) is 8.91. The first-order chi connectivity index (χ1) is 8.58. The molecule has 18 heavy (non-hydrogen) atoms. The highest BCUT2D eigenvalue weighted by Gasteiger charge is 2.51. The van der Waals surface area contributed by atoms with Gasteiger partial charge in [0.1, 0.15) is 0 Å². The molecule has 0 saturated heterocycles. The number of ether oxygens (including phenoxy) is 1. The number of rotatable bonds is 4. The molecular formula is C15H25NO2. The SMILES string of the molecule is COC(=O)CC(C)NC12CC3CC(CC(C3)C1)C2. The summed E-state index contributed by atoms with van der Waals surface area (Å²) in [6.45, 7) is 2.12. The number of hydrogen-bond acceptors (Lipinski definition) is 3. The van der Waals surface area contributed by atoms with E-state index in [1.807, 2.05) is 0 Å². The minimum Gasteiger partial charge on any atom is -0.469 e. The van der Waals surface area contributed by atoms with E-state index in [1.165, 1.54) is 45.6 Å². The Balaban J connectivity index is 1.63. The molecule has 0 aromatic carbocycles. The van der Waals surface area contributed by atoms with Crippen LogP contribution in [-0.2, 0) is 9.53 Å². The molecule has 4 bridgehead atoms. The Kier molecular flexibility index (Phi) is 3.13. The van der Waals surface area contributed by atoms with Crippen LogP contribution in [0.3, 0.4) is 0 Å². The van der Waals surface area contributed by atoms with Crippen molar-refractivity contribution in [3.8, 4) is 0 Å². The normalized spacial score (nSPS) is 42.9. The summed E-state index contributed by atoms with van der Waals surface area (Å²) < 4.78 is 4.76. The molecule has 0 heterocycles. The van der Waals surface area contributed by atoms with E-state index >= 15 is 0 Å². The van der Waals surface area contributed by atoms with Crippen LogP contribution in [0.1, 0.15) is 51.9 Å². The summed E-state index contributed by atoms with van der Waals surface area (Å²) >= 11 is 0. The lowest BCUT2D eigenvalue weighted by molar-refractivity contribution is -0.141. The second kappa shape index (κ2) is 4.52. The van der Waals surface area contributed by atoms with Crippen LogP contribution in [0.4, 0.5) is 0 Å². The van der Waals surface area contributed by atoms with Crippen LogP contribution in [0.25, 0.3) is 0 Å². The third-order valence-electron chi connectivity index (χ3n) is 5.29. The van der Waals surface area contributed by atoms with E-state index in [1.54, 1.807) is 0 Å². The maximum Gasteiger partial charge on any atom is 0.307 e. The molecular weight excluding hydrogens is 226 g/mol. The van der Waals surface area contributed by atoms with Crippen molar-refractivity contribution in [2.75, 3.05) is 7.11 Å². The Morgan fingerprint density at radius 2 is 1.72 bits per heavy atom. The minimum atomic E-state index is -0.0975. The largest absolute Gasteiger partial charge is 0.469 e. The Morgan fingerprint density at radius 1 is 1.22 bits per heavy atom. The number of nitrogens with one attached hydrogen (secondary N) is 1. The van der Waals surface area contributed by atoms with Crippen LogP contribution >= 0.6 is 0 Å². The first-order valence-corrected chi connectivity index (χ1v) is 7.43. The lowest BCUT2D eigenvalue weighted by atomic mass is 9.53. The molecule has 1 unspecified atom stereocenters. The number of hydrogen-bond donors (Lipinski definition) is 1. The van der Waals surface area contributed by atoms with Crippen molar-refractivity contribution in [1.82, 2.24) is 5.32 Å². The van der Waals surface area contributed by atoms with Gasteiger partial charge in [0.15, 0.2) is 0 Å². The average molecular weight is 251 g/mol. The van der Waals surface area contributed by atoms with Crippen molar-refractivity contribution in [3.63, 3.8) is 0 Å². The third-order valence-corrected chi connectivity index (χ3v) is 5.29. The summed E-state index contributed by atoms with van der Waals surface area (Å²) in [5, 5.41) is 3.79. The van der Waals surface area contributed by atoms with Gasteiger partial charge in [0.05, 0.1) is 13.5 Å². The van der Waals surface area contributed by atoms with E-state index in [2.05, 4.69) is 12.2 Å². The summed E-state index contributed by atoms with van der Waals surface area (Å²) in [5.74, 6) is 2.76. The summed E-state index contributed by atoms with van der Waals surface area (Å²) in [6, 6.07) is 0.244. The topological polar surface area (TPSA) is 38.3 Å². The van der Waals surface area contributed by atoms with Gasteiger partial charge in [-0.25, -0.2) is 0 Å². The molecule has 0 spiro atoms. The van der Waals surface area contributed by atoms with Gasteiger partial charge in [0, 0.05) is 11.6 Å². The molecule has 4 rings (SSSR count). The van der Waals surface area contributed by atoms with Crippen molar-refractivity contribution >= 4 is 5.97 Å². The zero-order valence-corrected chi connectivity index (χ0v) is 11.6. The van der Waals surface area contributed by atoms with Gasteiger partial charge < -0.3 is 10.1 Å². The van der Waals surface area contributed by atoms with E-state index in [-0.39, 0.29) is 12.0 Å². The van der Waals surface area contributed by atoms with Gasteiger partial charge in [0.25, 0.3) is 0 Å². The van der Waals surface area contributed by atoms with Crippen LogP contribution in [0.15, 0.2) is 0 Å². The van der Waals surface area contributed by atoms with Crippen molar-refractivity contribution in [3.05, 3.63) is 0 Å². The van der Waals surface area contributed by atoms with Crippen molar-refractivity contribution in [2.45, 2.75) is 63.5 Å². The predicted molar refractivity (Wildman–Crippen MR) is 70.1 cm³/mol. The van der Waals surface area contributed by atoms with Gasteiger partial charge in [-0.2, -0.15) is 0 Å². The van der Waals surface area contributed by atoms with E-state index in [4.69, 9.17) is 4.74 Å². The second-order valence-corrected chi connectivity index (χ2v) is 7.02. The van der Waals surface area contributed by atoms with Gasteiger partial charge >= 0.3 is 5.97 Å². The van der Waals surface area contributed by atoms with Crippen LogP contribution in [0.2, 0.25) is 0 Å². The third kappa shape index (κ3) is 2.29. The molecule has 4 aliphatic carbocycles. The van der Waals surface area contributed by atoms with E-state index in [0.717, 1.165) is 17.8 Å². The fourth-order valence-corrected chi connectivity index (χ4v) is 5.19. The molecule has 0 radical (unpaired) electrons. The first kappa shape index (κ1) is 12.5. The Morgan fingerprint density at radius 3 is 2.17 bits per heavy atom. The molecule has 0 amide bonds. The van der Waals surface area contributed by atoms with Crippen LogP contribution in [-0.4, -0.2) is 24.7 Å². The highest BCUT2D eigenvalue weighted by atomic mass is 16.5. The summed E-state index contributed by atoms with van der Waals surface area (Å²) in [4.78, 5) is 11.3. The fraction of sp³-hybridized carbons (Fsp3) is 0.933. The van der Waals surface area contributed by atoms with Gasteiger partial charge in [-0.1, -0.05) is 0 Å². The Labute approximate surface area is 110 Å². The highest BCUT2D eigenvalue weighted by Crippen LogP contribution is 2.55. The van der Waals surface area contributed by atoms with E-state index in [9.17, 15) is 4.79 Å². The van der Waals surface area contributed by atoms with E-state index in [0.29, 0.717) is 12.0 Å². The van der Waals surface area contributed by atoms with Gasteiger partial charge in [0.2, 0.25) is 0 Å². The molecule has 4 fully saturated rings. The maximum absolute atomic E-state index is 11.3. The van der Waals surface area contributed by atoms with Crippen LogP contribution in [0.5, 0.6) is 0 Å². The quantitative estimate of drug-likeness (QED) is 0.780. The summed E-state index contributed by atoms with van der Waals surface area (Å²) in [5.41, 5.74) is 0.349. The summed E-state index contributed by atoms with van der Waals surface area (Å²) in [7, 11) is 1.47. The molecule has 102 valence electrons. The first-order valence-electron chi connectivity index (χ1n) is 7.43. The number of carbonyl (C=O) groups is 1. The van der Waals surface area contributed by atoms with Gasteiger partial charge in [-0.15, -0.1) is 0 Å². The van der Waals surface area contributed by atoms with Gasteiger partial charge in [-0.3, -0.25) is 4.79 Å². The van der Waals surface area contributed by atoms with E-state index < -0.39 is 0 Å². The Bertz CT molecular complexity index is 304. The lowest BCUT2D eigenvalue weighted by Gasteiger charge is -2.57. The molecule has 0 aromatic heterocycles. The smallest absolute Gasteiger partial charge is 0.307 e. The lowest BCUT2D eigenvalue weighted by Crippen LogP contribution is -2.60. The number of methoxy groups -OCH3 is 1. The van der Waals surface area contributed by atoms with Crippen molar-refractivity contribution in [1.29, 1.82) is 0 Å². The standard InChI is InChI=1S/C15H25NO2/c1-10(3-14(17)18-2)16-15-7-11-4-12(8-15)6-13(5-11)9-15/h10-13,16H,3-9H2,1-2H3. The zero-order valence-electron chi connectivity index (χ0n) is 11.6. The fourth-order valence-electron chi connectivity index (χ4n) is 5.19. The number of carbonyl (C=O) groups excluding carboxylic acids is 1. The monoisotopic (exact) mass is 251 g/mol. The molecule has 3 heteroatoms. The molecule has 4 aliphatic rings. The molecule has 0 aromatic rings. The number of esters is 1. The van der Waals surface area contributed by atoms with Crippen molar-refractivity contribution in [2.24, 2.45) is 17.8 Å². The second-order valence-electron chi connectivity index (χ2n) is 7.02. The van der Waals surface area contributed by atoms with Crippen LogP contribution < -0.4 is 5.32 Å². The highest BCUT2D eigenvalue weighted by molar-refractivity contribution is 5.69. The van der Waals surface area contributed by atoms with Crippen LogP contribution in [0, 0.1) is 17.8 Å². The average Bonchev–Trinajstić information content (AvgIpc) is 2.25. The minimum absolute atomic E-state index is 0.0975. The van der Waals surface area contributed by atoms with Gasteiger partial charge in [-0.05, 0) is 63.2 Å². The molecule has 1 atom stereocenters. The molecule has 1 N–H and O–H groups in total. The molecule has 0 aliphatic heterocycles. The predicted octanol–water partition coefficient (Wildman–Crippen LogP) is 2.50. The molecule has 4 saturated carbocycles. The van der Waals surface area contributed by atoms with Crippen molar-refractivity contribution < 1.29 is 9.53 Å².